The Morgan fingerprint density at radius 3 is 2.59 bits per heavy atom. The van der Waals surface area contributed by atoms with E-state index in [1.165, 1.54) is 5.56 Å². The van der Waals surface area contributed by atoms with Crippen molar-refractivity contribution in [3.63, 3.8) is 0 Å². The molecule has 3 nitrogen and oxygen atoms in total. The van der Waals surface area contributed by atoms with E-state index in [0.717, 1.165) is 47.7 Å². The average Bonchev–Trinajstić information content (AvgIpc) is 2.54. The summed E-state index contributed by atoms with van der Waals surface area (Å²) in [4.78, 5) is 0. The van der Waals surface area contributed by atoms with E-state index in [1.807, 2.05) is 24.3 Å². The molecule has 0 aromatic heterocycles. The van der Waals surface area contributed by atoms with Crippen molar-refractivity contribution < 1.29 is 9.47 Å². The highest BCUT2D eigenvalue weighted by Crippen LogP contribution is 2.26. The summed E-state index contributed by atoms with van der Waals surface area (Å²) in [5, 5.41) is 3.44. The third-order valence-corrected chi connectivity index (χ3v) is 3.91. The van der Waals surface area contributed by atoms with Gasteiger partial charge in [-0.3, -0.25) is 0 Å². The van der Waals surface area contributed by atoms with Crippen LogP contribution in [0.15, 0.2) is 46.9 Å². The molecule has 22 heavy (non-hydrogen) atoms. The maximum Gasteiger partial charge on any atom is 0.133 e. The number of hydrogen-bond acceptors (Lipinski definition) is 3. The van der Waals surface area contributed by atoms with Crippen molar-refractivity contribution in [2.24, 2.45) is 0 Å². The minimum Gasteiger partial charge on any atom is -0.496 e. The van der Waals surface area contributed by atoms with Gasteiger partial charge >= 0.3 is 0 Å². The minimum atomic E-state index is 0.740. The van der Waals surface area contributed by atoms with Crippen LogP contribution in [0.5, 0.6) is 11.5 Å². The molecule has 2 aromatic carbocycles. The third-order valence-electron chi connectivity index (χ3n) is 3.30. The average molecular weight is 364 g/mol. The van der Waals surface area contributed by atoms with Crippen molar-refractivity contribution in [2.75, 3.05) is 13.7 Å². The maximum atomic E-state index is 5.66. The summed E-state index contributed by atoms with van der Waals surface area (Å²) in [6.07, 6.45) is 1.01. The van der Waals surface area contributed by atoms with Gasteiger partial charge in [-0.1, -0.05) is 31.2 Å². The molecule has 0 heterocycles. The van der Waals surface area contributed by atoms with Crippen molar-refractivity contribution >= 4 is 15.9 Å². The fraction of sp³-hybridized carbons (Fsp3) is 0.333. The third kappa shape index (κ3) is 4.75. The highest BCUT2D eigenvalue weighted by molar-refractivity contribution is 9.10. The largest absolute Gasteiger partial charge is 0.496 e. The second-order valence-corrected chi connectivity index (χ2v) is 5.88. The second kappa shape index (κ2) is 8.81. The first kappa shape index (κ1) is 16.8. The van der Waals surface area contributed by atoms with Crippen LogP contribution < -0.4 is 14.8 Å². The van der Waals surface area contributed by atoms with E-state index in [4.69, 9.17) is 9.47 Å². The molecular weight excluding hydrogens is 342 g/mol. The molecule has 0 aliphatic carbocycles. The standard InChI is InChI=1S/C18H22BrNO2/c1-3-10-22-18-9-8-14(11-16(18)19)12-20-13-15-6-4-5-7-17(15)21-2/h4-9,11,20H,3,10,12-13H2,1-2H3. The normalized spacial score (nSPS) is 10.5. The lowest BCUT2D eigenvalue weighted by atomic mass is 10.2. The molecule has 118 valence electrons. The molecule has 0 spiro atoms. The van der Waals surface area contributed by atoms with E-state index >= 15 is 0 Å². The smallest absolute Gasteiger partial charge is 0.133 e. The molecule has 2 rings (SSSR count). The number of para-hydroxylation sites is 1. The van der Waals surface area contributed by atoms with E-state index in [-0.39, 0.29) is 0 Å². The summed E-state index contributed by atoms with van der Waals surface area (Å²) in [6.45, 7) is 4.41. The Balaban J connectivity index is 1.90. The van der Waals surface area contributed by atoms with Gasteiger partial charge in [0.2, 0.25) is 0 Å². The zero-order valence-electron chi connectivity index (χ0n) is 13.1. The Morgan fingerprint density at radius 1 is 1.05 bits per heavy atom. The maximum absolute atomic E-state index is 5.66. The van der Waals surface area contributed by atoms with Crippen molar-refractivity contribution in [2.45, 2.75) is 26.4 Å². The Kier molecular flexibility index (Phi) is 6.74. The van der Waals surface area contributed by atoms with Crippen LogP contribution in [0.2, 0.25) is 0 Å². The van der Waals surface area contributed by atoms with E-state index < -0.39 is 0 Å². The number of hydrogen-bond donors (Lipinski definition) is 1. The Labute approximate surface area is 140 Å². The van der Waals surface area contributed by atoms with Crippen LogP contribution in [0.3, 0.4) is 0 Å². The molecule has 0 aliphatic rings. The minimum absolute atomic E-state index is 0.740. The Hall–Kier alpha value is -1.52. The van der Waals surface area contributed by atoms with Crippen LogP contribution in [0.25, 0.3) is 0 Å². The fourth-order valence-electron chi connectivity index (χ4n) is 2.17. The molecule has 0 amide bonds. The van der Waals surface area contributed by atoms with Crippen LogP contribution in [-0.4, -0.2) is 13.7 Å². The molecule has 0 unspecified atom stereocenters. The first-order valence-electron chi connectivity index (χ1n) is 7.48. The van der Waals surface area contributed by atoms with Gasteiger partial charge in [-0.25, -0.2) is 0 Å². The van der Waals surface area contributed by atoms with Crippen molar-refractivity contribution in [3.8, 4) is 11.5 Å². The van der Waals surface area contributed by atoms with Crippen LogP contribution in [0.1, 0.15) is 24.5 Å². The summed E-state index contributed by atoms with van der Waals surface area (Å²) in [6, 6.07) is 14.3. The van der Waals surface area contributed by atoms with Crippen molar-refractivity contribution in [1.82, 2.24) is 5.32 Å². The Morgan fingerprint density at radius 2 is 1.86 bits per heavy atom. The predicted octanol–water partition coefficient (Wildman–Crippen LogP) is 4.54. The van der Waals surface area contributed by atoms with Crippen molar-refractivity contribution in [1.29, 1.82) is 0 Å². The number of nitrogens with one attached hydrogen (secondary N) is 1. The molecule has 0 bridgehead atoms. The number of ether oxygens (including phenoxy) is 2. The highest BCUT2D eigenvalue weighted by atomic mass is 79.9. The van der Waals surface area contributed by atoms with Gasteiger partial charge < -0.3 is 14.8 Å². The molecule has 0 radical (unpaired) electrons. The molecule has 0 atom stereocenters. The van der Waals surface area contributed by atoms with Crippen molar-refractivity contribution in [3.05, 3.63) is 58.1 Å². The SMILES string of the molecule is CCCOc1ccc(CNCc2ccccc2OC)cc1Br. The molecule has 4 heteroatoms. The number of methoxy groups -OCH3 is 1. The summed E-state index contributed by atoms with van der Waals surface area (Å²) in [5.41, 5.74) is 2.37. The zero-order chi connectivity index (χ0) is 15.8. The van der Waals surface area contributed by atoms with Gasteiger partial charge in [-0.05, 0) is 46.1 Å². The topological polar surface area (TPSA) is 30.5 Å². The zero-order valence-corrected chi connectivity index (χ0v) is 14.7. The second-order valence-electron chi connectivity index (χ2n) is 5.03. The van der Waals surface area contributed by atoms with E-state index in [0.29, 0.717) is 0 Å². The molecule has 0 saturated carbocycles. The van der Waals surface area contributed by atoms with E-state index in [1.54, 1.807) is 7.11 Å². The molecular formula is C18H22BrNO2. The molecule has 0 saturated heterocycles. The van der Waals surface area contributed by atoms with Crippen LogP contribution in [0, 0.1) is 0 Å². The highest BCUT2D eigenvalue weighted by Gasteiger charge is 2.04. The first-order valence-corrected chi connectivity index (χ1v) is 8.27. The fourth-order valence-corrected chi connectivity index (χ4v) is 2.71. The number of rotatable bonds is 8. The number of halogens is 1. The Bertz CT molecular complexity index is 601. The lowest BCUT2D eigenvalue weighted by Crippen LogP contribution is -2.13. The van der Waals surface area contributed by atoms with Gasteiger partial charge in [0.25, 0.3) is 0 Å². The lowest BCUT2D eigenvalue weighted by molar-refractivity contribution is 0.315. The van der Waals surface area contributed by atoms with Crippen LogP contribution >= 0.6 is 15.9 Å². The molecule has 1 N–H and O–H groups in total. The monoisotopic (exact) mass is 363 g/mol. The molecule has 0 aliphatic heterocycles. The summed E-state index contributed by atoms with van der Waals surface area (Å²) >= 11 is 3.56. The molecule has 0 fully saturated rings. The van der Waals surface area contributed by atoms with Gasteiger partial charge in [0.1, 0.15) is 11.5 Å². The lowest BCUT2D eigenvalue weighted by Gasteiger charge is -2.11. The van der Waals surface area contributed by atoms with Gasteiger partial charge in [0.05, 0.1) is 18.2 Å². The summed E-state index contributed by atoms with van der Waals surface area (Å²) in [7, 11) is 1.70. The number of benzene rings is 2. The van der Waals surface area contributed by atoms with Crippen LogP contribution in [0.4, 0.5) is 0 Å². The summed E-state index contributed by atoms with van der Waals surface area (Å²) in [5.74, 6) is 1.81. The van der Waals surface area contributed by atoms with Crippen LogP contribution in [-0.2, 0) is 13.1 Å². The van der Waals surface area contributed by atoms with E-state index in [2.05, 4.69) is 46.4 Å². The van der Waals surface area contributed by atoms with E-state index in [9.17, 15) is 0 Å². The van der Waals surface area contributed by atoms with Gasteiger partial charge in [-0.2, -0.15) is 0 Å². The summed E-state index contributed by atoms with van der Waals surface area (Å²) < 4.78 is 12.0. The first-order chi connectivity index (χ1) is 10.7. The predicted molar refractivity (Wildman–Crippen MR) is 93.5 cm³/mol. The van der Waals surface area contributed by atoms with Gasteiger partial charge in [0, 0.05) is 18.7 Å². The quantitative estimate of drug-likeness (QED) is 0.746. The van der Waals surface area contributed by atoms with Gasteiger partial charge in [0.15, 0.2) is 0 Å². The molecule has 2 aromatic rings. The van der Waals surface area contributed by atoms with Gasteiger partial charge in [-0.15, -0.1) is 0 Å².